The summed E-state index contributed by atoms with van der Waals surface area (Å²) in [5.41, 5.74) is 3.09. The highest BCUT2D eigenvalue weighted by molar-refractivity contribution is 7.98. The Labute approximate surface area is 241 Å². The highest BCUT2D eigenvalue weighted by atomic mass is 35.5. The van der Waals surface area contributed by atoms with E-state index in [1.165, 1.54) is 34.4 Å². The van der Waals surface area contributed by atoms with Crippen LogP contribution in [0.4, 0.5) is 0 Å². The van der Waals surface area contributed by atoms with Crippen LogP contribution in [0.3, 0.4) is 0 Å². The minimum Gasteiger partial charge on any atom is -0.239 e. The Morgan fingerprint density at radius 2 is 1.23 bits per heavy atom. The number of rotatable bonds is 5. The van der Waals surface area contributed by atoms with Gasteiger partial charge in [-0.1, -0.05) is 36.0 Å². The fourth-order valence-corrected chi connectivity index (χ4v) is 6.21. The molecule has 2 aromatic carbocycles. The number of hydrogen-bond acceptors (Lipinski definition) is 11. The fraction of sp³-hybridized carbons (Fsp3) is 0.111. The van der Waals surface area contributed by atoms with Crippen LogP contribution >= 0.6 is 46.0 Å². The van der Waals surface area contributed by atoms with Crippen LogP contribution in [0.5, 0.6) is 0 Å². The lowest BCUT2D eigenvalue weighted by Crippen LogP contribution is -2.02. The zero-order valence-electron chi connectivity index (χ0n) is 20.3. The van der Waals surface area contributed by atoms with Gasteiger partial charge in [0, 0.05) is 12.4 Å². The average molecular weight is 585 g/mol. The van der Waals surface area contributed by atoms with Gasteiger partial charge in [0.15, 0.2) is 5.16 Å². The van der Waals surface area contributed by atoms with Crippen molar-refractivity contribution in [2.75, 3.05) is 6.26 Å². The molecule has 2 unspecified atom stereocenters. The first-order chi connectivity index (χ1) is 19.1. The number of para-hydroxylation sites is 2. The van der Waals surface area contributed by atoms with E-state index in [0.29, 0.717) is 16.5 Å². The topological polar surface area (TPSA) is 125 Å². The van der Waals surface area contributed by atoms with Gasteiger partial charge in [0.05, 0.1) is 44.0 Å². The number of nitrogens with zero attached hydrogens (tertiary/aromatic N) is 8. The van der Waals surface area contributed by atoms with Gasteiger partial charge in [-0.25, -0.2) is 29.9 Å². The number of thiazole rings is 2. The first kappa shape index (κ1) is 26.6. The molecule has 4 aromatic heterocycles. The Kier molecular flexibility index (Phi) is 8.35. The van der Waals surface area contributed by atoms with E-state index in [4.69, 9.17) is 11.6 Å². The quantitative estimate of drug-likeness (QED) is 0.158. The summed E-state index contributed by atoms with van der Waals surface area (Å²) in [5, 5.41) is 21.1. The van der Waals surface area contributed by atoms with Gasteiger partial charge in [0.2, 0.25) is 5.28 Å². The Bertz CT molecular complexity index is 1770. The molecule has 0 saturated heterocycles. The number of thioether (sulfide) groups is 1. The molecule has 0 N–H and O–H groups in total. The standard InChI is InChI=1S/C14H10N4S2.C13H7ClN4S/c1-19-14-16-7-6-10(18-14)9(8-15)13-17-11-4-2-3-5-12(11)20-13;14-13-16-6-5-9(18-13)8(7-15)12-17-10-3-1-2-4-11(10)19-12/h2-7,9H,1H3;1-6,8H. The molecule has 0 aliphatic rings. The summed E-state index contributed by atoms with van der Waals surface area (Å²) in [7, 11) is 0. The van der Waals surface area contributed by atoms with Crippen molar-refractivity contribution in [1.29, 1.82) is 10.5 Å². The summed E-state index contributed by atoms with van der Waals surface area (Å²) in [6, 6.07) is 23.7. The van der Waals surface area contributed by atoms with Gasteiger partial charge < -0.3 is 0 Å². The number of hydrogen-bond donors (Lipinski definition) is 0. The lowest BCUT2D eigenvalue weighted by atomic mass is 10.1. The molecule has 4 heterocycles. The van der Waals surface area contributed by atoms with Crippen molar-refractivity contribution >= 4 is 66.5 Å². The van der Waals surface area contributed by atoms with E-state index >= 15 is 0 Å². The fourth-order valence-electron chi connectivity index (χ4n) is 3.64. The van der Waals surface area contributed by atoms with Gasteiger partial charge in [-0.2, -0.15) is 10.5 Å². The van der Waals surface area contributed by atoms with E-state index in [1.54, 1.807) is 24.5 Å². The maximum absolute atomic E-state index is 9.47. The highest BCUT2D eigenvalue weighted by Gasteiger charge is 2.21. The molecule has 8 nitrogen and oxygen atoms in total. The van der Waals surface area contributed by atoms with Crippen molar-refractivity contribution in [2.24, 2.45) is 0 Å². The molecular formula is C27H17ClN8S3. The van der Waals surface area contributed by atoms with Gasteiger partial charge in [-0.3, -0.25) is 0 Å². The Balaban J connectivity index is 0.000000158. The predicted molar refractivity (Wildman–Crippen MR) is 155 cm³/mol. The highest BCUT2D eigenvalue weighted by Crippen LogP contribution is 2.32. The summed E-state index contributed by atoms with van der Waals surface area (Å²) in [6.45, 7) is 0. The van der Waals surface area contributed by atoms with E-state index < -0.39 is 11.8 Å². The Morgan fingerprint density at radius 3 is 1.72 bits per heavy atom. The van der Waals surface area contributed by atoms with Crippen molar-refractivity contribution < 1.29 is 0 Å². The number of nitriles is 2. The number of aromatic nitrogens is 6. The zero-order chi connectivity index (χ0) is 27.2. The second-order valence-electron chi connectivity index (χ2n) is 7.88. The van der Waals surface area contributed by atoms with Gasteiger partial charge in [-0.15, -0.1) is 22.7 Å². The Hall–Kier alpha value is -4.00. The van der Waals surface area contributed by atoms with Crippen LogP contribution in [0.1, 0.15) is 33.2 Å². The van der Waals surface area contributed by atoms with Crippen molar-refractivity contribution in [3.05, 3.63) is 99.7 Å². The van der Waals surface area contributed by atoms with Crippen molar-refractivity contribution in [3.63, 3.8) is 0 Å². The molecular weight excluding hydrogens is 568 g/mol. The first-order valence-electron chi connectivity index (χ1n) is 11.4. The van der Waals surface area contributed by atoms with Crippen LogP contribution in [0, 0.1) is 22.7 Å². The molecule has 6 rings (SSSR count). The average Bonchev–Trinajstić information content (AvgIpc) is 3.59. The molecule has 0 aliphatic carbocycles. The molecule has 12 heteroatoms. The van der Waals surface area contributed by atoms with Crippen LogP contribution in [-0.4, -0.2) is 36.2 Å². The zero-order valence-corrected chi connectivity index (χ0v) is 23.5. The smallest absolute Gasteiger partial charge is 0.222 e. The molecule has 2 atom stereocenters. The minimum atomic E-state index is -0.516. The Morgan fingerprint density at radius 1 is 0.718 bits per heavy atom. The predicted octanol–water partition coefficient (Wildman–Crippen LogP) is 6.86. The molecule has 0 fully saturated rings. The third-order valence-corrected chi connectivity index (χ3v) is 8.40. The van der Waals surface area contributed by atoms with Gasteiger partial charge in [-0.05, 0) is 54.3 Å². The molecule has 0 amide bonds. The summed E-state index contributed by atoms with van der Waals surface area (Å²) in [6.07, 6.45) is 5.15. The summed E-state index contributed by atoms with van der Waals surface area (Å²) in [5.74, 6) is -0.959. The molecule has 0 radical (unpaired) electrons. The molecule has 190 valence electrons. The number of fused-ring (bicyclic) bond motifs is 2. The molecule has 39 heavy (non-hydrogen) atoms. The molecule has 0 bridgehead atoms. The maximum Gasteiger partial charge on any atom is 0.222 e. The van der Waals surface area contributed by atoms with Crippen LogP contribution in [0.2, 0.25) is 5.28 Å². The minimum absolute atomic E-state index is 0.138. The van der Waals surface area contributed by atoms with E-state index in [0.717, 1.165) is 30.4 Å². The summed E-state index contributed by atoms with van der Waals surface area (Å²) < 4.78 is 2.14. The van der Waals surface area contributed by atoms with Crippen LogP contribution in [-0.2, 0) is 0 Å². The van der Waals surface area contributed by atoms with Crippen LogP contribution in [0.15, 0.2) is 78.2 Å². The van der Waals surface area contributed by atoms with Gasteiger partial charge in [0.1, 0.15) is 21.9 Å². The molecule has 0 spiro atoms. The van der Waals surface area contributed by atoms with E-state index in [-0.39, 0.29) is 5.28 Å². The molecule has 0 saturated carbocycles. The SMILES string of the molecule is CSc1nccc(C(C#N)c2nc3ccccc3s2)n1.N#CC(c1ccnc(Cl)n1)c1nc2ccccc2s1. The maximum atomic E-state index is 9.47. The number of benzene rings is 2. The lowest BCUT2D eigenvalue weighted by molar-refractivity contribution is 0.861. The normalized spacial score (nSPS) is 12.2. The monoisotopic (exact) mass is 584 g/mol. The van der Waals surface area contributed by atoms with Crippen LogP contribution < -0.4 is 0 Å². The van der Waals surface area contributed by atoms with Crippen LogP contribution in [0.25, 0.3) is 20.4 Å². The van der Waals surface area contributed by atoms with Gasteiger partial charge >= 0.3 is 0 Å². The van der Waals surface area contributed by atoms with E-state index in [9.17, 15) is 10.5 Å². The van der Waals surface area contributed by atoms with Crippen molar-refractivity contribution in [1.82, 2.24) is 29.9 Å². The third-order valence-electron chi connectivity index (χ3n) is 5.45. The van der Waals surface area contributed by atoms with Gasteiger partial charge in [0.25, 0.3) is 0 Å². The third kappa shape index (κ3) is 6.03. The molecule has 6 aromatic rings. The lowest BCUT2D eigenvalue weighted by Gasteiger charge is -2.05. The second-order valence-corrected chi connectivity index (χ2v) is 11.1. The van der Waals surface area contributed by atoms with E-state index in [2.05, 4.69) is 42.0 Å². The number of halogens is 1. The molecule has 0 aliphatic heterocycles. The largest absolute Gasteiger partial charge is 0.239 e. The van der Waals surface area contributed by atoms with E-state index in [1.807, 2.05) is 54.8 Å². The first-order valence-corrected chi connectivity index (χ1v) is 14.7. The van der Waals surface area contributed by atoms with Crippen molar-refractivity contribution in [3.8, 4) is 12.1 Å². The summed E-state index contributed by atoms with van der Waals surface area (Å²) >= 11 is 10.3. The summed E-state index contributed by atoms with van der Waals surface area (Å²) in [4.78, 5) is 25.5. The van der Waals surface area contributed by atoms with Crippen molar-refractivity contribution in [2.45, 2.75) is 17.0 Å². The second kappa shape index (κ2) is 12.2.